The number of halogens is 1. The molecule has 0 saturated heterocycles. The zero-order chi connectivity index (χ0) is 16.7. The van der Waals surface area contributed by atoms with Gasteiger partial charge in [-0.1, -0.05) is 25.4 Å². The molecule has 3 nitrogen and oxygen atoms in total. The van der Waals surface area contributed by atoms with E-state index in [-0.39, 0.29) is 5.82 Å². The lowest BCUT2D eigenvalue weighted by Gasteiger charge is -2.54. The molecule has 2 saturated carbocycles. The Bertz CT molecular complexity index is 703. The molecule has 24 heavy (non-hydrogen) atoms. The fraction of sp³-hybridized carbons (Fsp3) is 0.550. The minimum absolute atomic E-state index is 0.236. The first-order valence-corrected chi connectivity index (χ1v) is 9.00. The molecule has 0 spiro atoms. The van der Waals surface area contributed by atoms with Crippen LogP contribution in [0.5, 0.6) is 0 Å². The molecule has 128 valence electrons. The number of rotatable bonds is 5. The lowest BCUT2D eigenvalue weighted by atomic mass is 9.57. The van der Waals surface area contributed by atoms with E-state index in [0.29, 0.717) is 23.1 Å². The van der Waals surface area contributed by atoms with Crippen LogP contribution < -0.4 is 5.32 Å². The third kappa shape index (κ3) is 2.88. The molecule has 0 unspecified atom stereocenters. The van der Waals surface area contributed by atoms with E-state index in [1.807, 2.05) is 6.07 Å². The van der Waals surface area contributed by atoms with E-state index in [1.165, 1.54) is 37.8 Å². The average molecular weight is 328 g/mol. The fourth-order valence-corrected chi connectivity index (χ4v) is 3.92. The fourth-order valence-electron chi connectivity index (χ4n) is 3.92. The van der Waals surface area contributed by atoms with Crippen molar-refractivity contribution in [2.24, 2.45) is 11.3 Å². The molecule has 2 aliphatic rings. The van der Waals surface area contributed by atoms with Gasteiger partial charge in [0.05, 0.1) is 5.69 Å². The van der Waals surface area contributed by atoms with Gasteiger partial charge in [-0.05, 0) is 61.3 Å². The van der Waals surface area contributed by atoms with E-state index < -0.39 is 0 Å². The summed E-state index contributed by atoms with van der Waals surface area (Å²) >= 11 is 0. The highest BCUT2D eigenvalue weighted by molar-refractivity contribution is 5.57. The largest absolute Gasteiger partial charge is 0.356 e. The molecule has 0 radical (unpaired) electrons. The van der Waals surface area contributed by atoms with E-state index in [1.54, 1.807) is 12.1 Å². The van der Waals surface area contributed by atoms with Crippen LogP contribution in [0.25, 0.3) is 11.3 Å². The Morgan fingerprint density at radius 1 is 1.25 bits per heavy atom. The first-order valence-electron chi connectivity index (χ1n) is 9.00. The average Bonchev–Trinajstić information content (AvgIpc) is 2.97. The summed E-state index contributed by atoms with van der Waals surface area (Å²) in [5.41, 5.74) is 2.16. The predicted molar refractivity (Wildman–Crippen MR) is 92.1 cm³/mol. The number of nitrogens with one attached hydrogen (secondary N) is 1. The van der Waals surface area contributed by atoms with Gasteiger partial charge >= 0.3 is 0 Å². The molecule has 0 amide bonds. The Kier molecular flexibility index (Phi) is 3.95. The predicted octanol–water partition coefficient (Wildman–Crippen LogP) is 4.58. The maximum absolute atomic E-state index is 13.0. The summed E-state index contributed by atoms with van der Waals surface area (Å²) in [4.78, 5) is 0. The molecule has 1 aromatic heterocycles. The van der Waals surface area contributed by atoms with E-state index in [0.717, 1.165) is 23.7 Å². The number of hydrogen-bond donors (Lipinski definition) is 1. The van der Waals surface area contributed by atoms with Gasteiger partial charge < -0.3 is 9.84 Å². The van der Waals surface area contributed by atoms with Crippen molar-refractivity contribution in [2.75, 3.05) is 0 Å². The van der Waals surface area contributed by atoms with Gasteiger partial charge in [-0.25, -0.2) is 4.39 Å². The minimum atomic E-state index is -0.236. The molecule has 1 N–H and O–H groups in total. The van der Waals surface area contributed by atoms with Crippen molar-refractivity contribution in [1.29, 1.82) is 0 Å². The van der Waals surface area contributed by atoms with Crippen LogP contribution >= 0.6 is 0 Å². The molecule has 2 fully saturated rings. The minimum Gasteiger partial charge on any atom is -0.356 e. The van der Waals surface area contributed by atoms with Crippen molar-refractivity contribution in [1.82, 2.24) is 10.5 Å². The molecule has 1 aromatic carbocycles. The Morgan fingerprint density at radius 3 is 2.62 bits per heavy atom. The third-order valence-electron chi connectivity index (χ3n) is 6.16. The molecule has 2 aliphatic carbocycles. The van der Waals surface area contributed by atoms with Crippen molar-refractivity contribution in [3.63, 3.8) is 0 Å². The number of aromatic nitrogens is 1. The van der Waals surface area contributed by atoms with Crippen LogP contribution in [0.3, 0.4) is 0 Å². The van der Waals surface area contributed by atoms with Crippen LogP contribution in [0.1, 0.15) is 45.2 Å². The van der Waals surface area contributed by atoms with Crippen LogP contribution in [-0.2, 0) is 6.42 Å². The van der Waals surface area contributed by atoms with Gasteiger partial charge in [0, 0.05) is 23.7 Å². The summed E-state index contributed by atoms with van der Waals surface area (Å²) in [6, 6.07) is 9.71. The normalized spacial score (nSPS) is 26.0. The van der Waals surface area contributed by atoms with Crippen molar-refractivity contribution in [2.45, 2.75) is 58.0 Å². The highest BCUT2D eigenvalue weighted by atomic mass is 19.1. The SMILES string of the molecule is CC1(C)[C@H](Cc2cc(-c3ccc(F)cc3)on2)C[C@@H]1NC1CCC1. The van der Waals surface area contributed by atoms with Gasteiger partial charge in [-0.2, -0.15) is 0 Å². The van der Waals surface area contributed by atoms with Crippen LogP contribution in [0, 0.1) is 17.2 Å². The zero-order valence-corrected chi connectivity index (χ0v) is 14.4. The van der Waals surface area contributed by atoms with Crippen molar-refractivity contribution >= 4 is 0 Å². The summed E-state index contributed by atoms with van der Waals surface area (Å²) < 4.78 is 18.5. The van der Waals surface area contributed by atoms with Crippen molar-refractivity contribution in [3.05, 3.63) is 41.8 Å². The van der Waals surface area contributed by atoms with Gasteiger partial charge in [0.1, 0.15) is 5.82 Å². The van der Waals surface area contributed by atoms with Crippen molar-refractivity contribution in [3.8, 4) is 11.3 Å². The summed E-state index contributed by atoms with van der Waals surface area (Å²) in [6.07, 6.45) is 6.20. The molecule has 1 heterocycles. The van der Waals surface area contributed by atoms with Crippen molar-refractivity contribution < 1.29 is 8.91 Å². The second kappa shape index (κ2) is 5.99. The first-order chi connectivity index (χ1) is 11.5. The monoisotopic (exact) mass is 328 g/mol. The zero-order valence-electron chi connectivity index (χ0n) is 14.4. The summed E-state index contributed by atoms with van der Waals surface area (Å²) in [6.45, 7) is 4.72. The summed E-state index contributed by atoms with van der Waals surface area (Å²) in [5, 5.41) is 8.04. The number of nitrogens with zero attached hydrogens (tertiary/aromatic N) is 1. The van der Waals surface area contributed by atoms with Gasteiger partial charge in [-0.15, -0.1) is 0 Å². The summed E-state index contributed by atoms with van der Waals surface area (Å²) in [7, 11) is 0. The van der Waals surface area contributed by atoms with E-state index in [9.17, 15) is 4.39 Å². The maximum Gasteiger partial charge on any atom is 0.167 e. The maximum atomic E-state index is 13.0. The molecular formula is C20H25FN2O. The summed E-state index contributed by atoms with van der Waals surface area (Å²) in [5.74, 6) is 1.10. The van der Waals surface area contributed by atoms with Gasteiger partial charge in [0.25, 0.3) is 0 Å². The molecule has 2 atom stereocenters. The lowest BCUT2D eigenvalue weighted by Crippen LogP contribution is -2.60. The molecule has 0 aliphatic heterocycles. The van der Waals surface area contributed by atoms with E-state index >= 15 is 0 Å². The third-order valence-corrected chi connectivity index (χ3v) is 6.16. The number of hydrogen-bond acceptors (Lipinski definition) is 3. The Hall–Kier alpha value is -1.68. The Balaban J connectivity index is 1.38. The van der Waals surface area contributed by atoms with Crippen LogP contribution in [0.4, 0.5) is 4.39 Å². The van der Waals surface area contributed by atoms with Gasteiger partial charge in [0.2, 0.25) is 0 Å². The Labute approximate surface area is 142 Å². The molecular weight excluding hydrogens is 303 g/mol. The molecule has 4 rings (SSSR count). The van der Waals surface area contributed by atoms with Crippen LogP contribution in [0.2, 0.25) is 0 Å². The first kappa shape index (κ1) is 15.8. The van der Waals surface area contributed by atoms with Crippen LogP contribution in [-0.4, -0.2) is 17.2 Å². The van der Waals surface area contributed by atoms with Crippen LogP contribution in [0.15, 0.2) is 34.9 Å². The molecule has 0 bridgehead atoms. The Morgan fingerprint density at radius 2 is 2.00 bits per heavy atom. The lowest BCUT2D eigenvalue weighted by molar-refractivity contribution is 0.000524. The van der Waals surface area contributed by atoms with E-state index in [4.69, 9.17) is 4.52 Å². The highest BCUT2D eigenvalue weighted by Gasteiger charge is 2.48. The van der Waals surface area contributed by atoms with Gasteiger partial charge in [-0.3, -0.25) is 0 Å². The molecule has 2 aromatic rings. The second-order valence-corrected chi connectivity index (χ2v) is 7.99. The smallest absolute Gasteiger partial charge is 0.167 e. The van der Waals surface area contributed by atoms with Gasteiger partial charge in [0.15, 0.2) is 5.76 Å². The molecule has 4 heteroatoms. The standard InChI is InChI=1S/C20H25FN2O/c1-20(2)14(11-19(20)22-16-4-3-5-16)10-17-12-18(24-23-17)13-6-8-15(21)9-7-13/h6-9,12,14,16,19,22H,3-5,10-11H2,1-2H3/t14-,19+/m1/s1. The second-order valence-electron chi connectivity index (χ2n) is 7.99. The quantitative estimate of drug-likeness (QED) is 0.873. The number of benzene rings is 1. The highest BCUT2D eigenvalue weighted by Crippen LogP contribution is 2.48. The van der Waals surface area contributed by atoms with E-state index in [2.05, 4.69) is 24.3 Å². The topological polar surface area (TPSA) is 38.1 Å².